The summed E-state index contributed by atoms with van der Waals surface area (Å²) < 4.78 is 0. The molecule has 0 radical (unpaired) electrons. The number of aliphatic imine (C=N–C) groups is 2. The van der Waals surface area contributed by atoms with Crippen LogP contribution in [0.3, 0.4) is 0 Å². The third-order valence-corrected chi connectivity index (χ3v) is 4.03. The zero-order valence-corrected chi connectivity index (χ0v) is 12.8. The Bertz CT molecular complexity index is 856. The molecule has 0 aromatic heterocycles. The molecule has 0 bridgehead atoms. The number of hydrogen-bond donors (Lipinski definition) is 0. The lowest BCUT2D eigenvalue weighted by Gasteiger charge is -2.26. The fraction of sp³-hybridized carbons (Fsp3) is 0.100. The second-order valence-corrected chi connectivity index (χ2v) is 5.43. The van der Waals surface area contributed by atoms with Gasteiger partial charge in [-0.1, -0.05) is 66.8 Å². The molecule has 1 aliphatic rings. The van der Waals surface area contributed by atoms with Gasteiger partial charge in [-0.15, -0.1) is 0 Å². The maximum atomic E-state index is 10.9. The molecule has 2 aromatic rings. The van der Waals surface area contributed by atoms with E-state index in [1.165, 1.54) is 6.08 Å². The molecule has 1 aliphatic carbocycles. The first-order chi connectivity index (χ1) is 11.8. The number of carbonyl (C=O) groups excluding carboxylic acids is 2. The Labute approximate surface area is 139 Å². The summed E-state index contributed by atoms with van der Waals surface area (Å²) in [5.74, 6) is 0.0675. The smallest absolute Gasteiger partial charge is 0.211 e. The fourth-order valence-corrected chi connectivity index (χ4v) is 2.78. The number of hydrogen-bond acceptors (Lipinski definition) is 4. The number of allylic oxidation sites excluding steroid dienone is 2. The van der Waals surface area contributed by atoms with Crippen LogP contribution in [0.1, 0.15) is 17.0 Å². The molecule has 0 saturated carbocycles. The quantitative estimate of drug-likeness (QED) is 0.485. The maximum absolute atomic E-state index is 10.9. The second-order valence-electron chi connectivity index (χ2n) is 5.43. The molecular weight excluding hydrogens is 300 g/mol. The highest BCUT2D eigenvalue weighted by Gasteiger charge is 2.29. The van der Waals surface area contributed by atoms with Crippen LogP contribution in [0.5, 0.6) is 0 Å². The van der Waals surface area contributed by atoms with E-state index in [1.807, 2.05) is 66.8 Å². The SMILES string of the molecule is O=C=Nc1ccc(C2C=CC(N=C=O)(c3ccccc3)C=C2)cc1. The molecule has 0 heterocycles. The summed E-state index contributed by atoms with van der Waals surface area (Å²) in [7, 11) is 0. The van der Waals surface area contributed by atoms with Gasteiger partial charge in [0, 0.05) is 5.92 Å². The van der Waals surface area contributed by atoms with Gasteiger partial charge >= 0.3 is 0 Å². The predicted molar refractivity (Wildman–Crippen MR) is 91.5 cm³/mol. The summed E-state index contributed by atoms with van der Waals surface area (Å²) in [6, 6.07) is 17.0. The lowest BCUT2D eigenvalue weighted by molar-refractivity contribution is 0.554. The van der Waals surface area contributed by atoms with Crippen molar-refractivity contribution in [2.24, 2.45) is 9.98 Å². The van der Waals surface area contributed by atoms with Crippen molar-refractivity contribution < 1.29 is 9.59 Å². The molecule has 0 amide bonds. The van der Waals surface area contributed by atoms with Crippen LogP contribution >= 0.6 is 0 Å². The molecule has 2 aromatic carbocycles. The van der Waals surface area contributed by atoms with Crippen molar-refractivity contribution in [1.82, 2.24) is 0 Å². The third kappa shape index (κ3) is 3.06. The van der Waals surface area contributed by atoms with E-state index in [-0.39, 0.29) is 5.92 Å². The molecule has 116 valence electrons. The highest BCUT2D eigenvalue weighted by molar-refractivity contribution is 5.51. The third-order valence-electron chi connectivity index (χ3n) is 4.03. The molecule has 24 heavy (non-hydrogen) atoms. The van der Waals surface area contributed by atoms with Gasteiger partial charge < -0.3 is 0 Å². The van der Waals surface area contributed by atoms with Crippen LogP contribution in [0.15, 0.2) is 88.9 Å². The Kier molecular flexibility index (Phi) is 4.44. The Morgan fingerprint density at radius 3 is 2.08 bits per heavy atom. The molecule has 0 spiro atoms. The van der Waals surface area contributed by atoms with Gasteiger partial charge in [-0.25, -0.2) is 9.59 Å². The van der Waals surface area contributed by atoms with Crippen molar-refractivity contribution >= 4 is 17.8 Å². The summed E-state index contributed by atoms with van der Waals surface area (Å²) in [6.45, 7) is 0. The topological polar surface area (TPSA) is 58.9 Å². The van der Waals surface area contributed by atoms with Crippen molar-refractivity contribution in [2.45, 2.75) is 11.5 Å². The first kappa shape index (κ1) is 15.6. The summed E-state index contributed by atoms with van der Waals surface area (Å²) in [5, 5.41) is 0. The van der Waals surface area contributed by atoms with Gasteiger partial charge in [0.25, 0.3) is 0 Å². The Morgan fingerprint density at radius 1 is 0.833 bits per heavy atom. The van der Waals surface area contributed by atoms with Gasteiger partial charge in [-0.2, -0.15) is 9.98 Å². The van der Waals surface area contributed by atoms with Crippen LogP contribution in [-0.2, 0) is 15.1 Å². The zero-order valence-electron chi connectivity index (χ0n) is 12.8. The van der Waals surface area contributed by atoms with E-state index in [9.17, 15) is 9.59 Å². The van der Waals surface area contributed by atoms with Crippen LogP contribution in [0.4, 0.5) is 5.69 Å². The number of rotatable bonds is 4. The predicted octanol–water partition coefficient (Wildman–Crippen LogP) is 4.09. The van der Waals surface area contributed by atoms with Crippen LogP contribution in [0.25, 0.3) is 0 Å². The van der Waals surface area contributed by atoms with E-state index >= 15 is 0 Å². The van der Waals surface area contributed by atoms with E-state index in [4.69, 9.17) is 0 Å². The second kappa shape index (κ2) is 6.84. The van der Waals surface area contributed by atoms with Crippen LogP contribution in [0.2, 0.25) is 0 Å². The van der Waals surface area contributed by atoms with Crippen molar-refractivity contribution in [3.05, 3.63) is 90.0 Å². The molecule has 4 nitrogen and oxygen atoms in total. The molecule has 4 heteroatoms. The van der Waals surface area contributed by atoms with Gasteiger partial charge in [0.2, 0.25) is 12.2 Å². The number of isocyanates is 2. The Morgan fingerprint density at radius 2 is 1.50 bits per heavy atom. The van der Waals surface area contributed by atoms with Crippen LogP contribution in [0, 0.1) is 0 Å². The van der Waals surface area contributed by atoms with Crippen molar-refractivity contribution in [3.8, 4) is 0 Å². The summed E-state index contributed by atoms with van der Waals surface area (Å²) in [6.07, 6.45) is 11.0. The van der Waals surface area contributed by atoms with Gasteiger partial charge in [0.1, 0.15) is 5.54 Å². The van der Waals surface area contributed by atoms with Gasteiger partial charge in [-0.05, 0) is 23.3 Å². The minimum Gasteiger partial charge on any atom is -0.211 e. The van der Waals surface area contributed by atoms with E-state index in [0.29, 0.717) is 5.69 Å². The van der Waals surface area contributed by atoms with Crippen LogP contribution in [-0.4, -0.2) is 12.2 Å². The number of benzene rings is 2. The van der Waals surface area contributed by atoms with Crippen molar-refractivity contribution in [3.63, 3.8) is 0 Å². The molecule has 0 N–H and O–H groups in total. The zero-order chi connectivity index (χ0) is 16.8. The lowest BCUT2D eigenvalue weighted by Crippen LogP contribution is -2.20. The van der Waals surface area contributed by atoms with Crippen molar-refractivity contribution in [2.75, 3.05) is 0 Å². The largest absolute Gasteiger partial charge is 0.240 e. The average molecular weight is 314 g/mol. The summed E-state index contributed by atoms with van der Waals surface area (Å²) >= 11 is 0. The Hall–Kier alpha value is -3.32. The first-order valence-corrected chi connectivity index (χ1v) is 7.48. The molecule has 0 aliphatic heterocycles. The van der Waals surface area contributed by atoms with E-state index in [2.05, 4.69) is 9.98 Å². The molecule has 0 fully saturated rings. The van der Waals surface area contributed by atoms with Crippen molar-refractivity contribution in [1.29, 1.82) is 0 Å². The summed E-state index contributed by atoms with van der Waals surface area (Å²) in [4.78, 5) is 28.8. The first-order valence-electron chi connectivity index (χ1n) is 7.48. The van der Waals surface area contributed by atoms with E-state index in [1.54, 1.807) is 18.2 Å². The molecule has 0 unspecified atom stereocenters. The van der Waals surface area contributed by atoms with Gasteiger partial charge in [-0.3, -0.25) is 0 Å². The molecule has 0 saturated heterocycles. The highest BCUT2D eigenvalue weighted by atomic mass is 16.1. The Balaban J connectivity index is 1.90. The molecular formula is C20H14N2O2. The van der Waals surface area contributed by atoms with Gasteiger partial charge in [0.15, 0.2) is 0 Å². The minimum absolute atomic E-state index is 0.0675. The minimum atomic E-state index is -0.804. The fourth-order valence-electron chi connectivity index (χ4n) is 2.78. The molecule has 3 rings (SSSR count). The lowest BCUT2D eigenvalue weighted by atomic mass is 9.82. The monoisotopic (exact) mass is 314 g/mol. The highest BCUT2D eigenvalue weighted by Crippen LogP contribution is 2.36. The van der Waals surface area contributed by atoms with E-state index < -0.39 is 5.54 Å². The normalized spacial score (nSPS) is 21.6. The van der Waals surface area contributed by atoms with E-state index in [0.717, 1.165) is 11.1 Å². The van der Waals surface area contributed by atoms with Crippen LogP contribution < -0.4 is 0 Å². The standard InChI is InChI=1S/C20H14N2O2/c23-14-21-19-8-6-16(7-9-19)17-10-12-20(13-11-17,22-15-24)18-4-2-1-3-5-18/h1-13,17H. The molecule has 0 atom stereocenters. The average Bonchev–Trinajstić information content (AvgIpc) is 2.64. The van der Waals surface area contributed by atoms with Gasteiger partial charge in [0.05, 0.1) is 5.69 Å². The number of nitrogens with zero attached hydrogens (tertiary/aromatic N) is 2. The maximum Gasteiger partial charge on any atom is 0.240 e. The summed E-state index contributed by atoms with van der Waals surface area (Å²) in [5.41, 5.74) is 1.74.